The minimum atomic E-state index is -0.308. The molecule has 0 aliphatic carbocycles. The summed E-state index contributed by atoms with van der Waals surface area (Å²) in [6, 6.07) is 7.42. The van der Waals surface area contributed by atoms with Crippen molar-refractivity contribution in [2.75, 3.05) is 19.0 Å². The fraction of sp³-hybridized carbons (Fsp3) is 0.211. The van der Waals surface area contributed by atoms with Crippen molar-refractivity contribution in [1.82, 2.24) is 20.3 Å². The number of hydrogen-bond donors (Lipinski definition) is 2. The van der Waals surface area contributed by atoms with Gasteiger partial charge in [0.05, 0.1) is 30.7 Å². The van der Waals surface area contributed by atoms with Crippen LogP contribution >= 0.6 is 0 Å². The van der Waals surface area contributed by atoms with Gasteiger partial charge in [-0.05, 0) is 24.6 Å². The molecule has 2 aromatic heterocycles. The first-order chi connectivity index (χ1) is 13.2. The zero-order valence-electron chi connectivity index (χ0n) is 14.8. The molecular formula is C19H19N5O3. The van der Waals surface area contributed by atoms with E-state index in [4.69, 9.17) is 4.74 Å². The lowest BCUT2D eigenvalue weighted by Crippen LogP contribution is -2.26. The van der Waals surface area contributed by atoms with E-state index in [-0.39, 0.29) is 23.9 Å². The van der Waals surface area contributed by atoms with E-state index in [1.54, 1.807) is 13.3 Å². The van der Waals surface area contributed by atoms with Gasteiger partial charge in [-0.1, -0.05) is 0 Å². The highest BCUT2D eigenvalue weighted by Gasteiger charge is 2.08. The Bertz CT molecular complexity index is 946. The molecule has 0 saturated carbocycles. The van der Waals surface area contributed by atoms with Crippen LogP contribution in [-0.2, 0) is 4.79 Å². The van der Waals surface area contributed by atoms with Crippen LogP contribution < -0.4 is 15.4 Å². The zero-order valence-corrected chi connectivity index (χ0v) is 14.8. The van der Waals surface area contributed by atoms with E-state index in [9.17, 15) is 9.59 Å². The Labute approximate surface area is 156 Å². The van der Waals surface area contributed by atoms with Crippen LogP contribution in [0.25, 0.3) is 10.9 Å². The van der Waals surface area contributed by atoms with Crippen molar-refractivity contribution < 1.29 is 14.3 Å². The fourth-order valence-corrected chi connectivity index (χ4v) is 2.48. The molecule has 0 radical (unpaired) electrons. The number of methoxy groups -OCH3 is 1. The number of rotatable bonds is 7. The van der Waals surface area contributed by atoms with E-state index < -0.39 is 0 Å². The first kappa shape index (κ1) is 18.2. The van der Waals surface area contributed by atoms with Gasteiger partial charge >= 0.3 is 0 Å². The number of pyridine rings is 1. The fourth-order valence-electron chi connectivity index (χ4n) is 2.48. The molecule has 0 unspecified atom stereocenters. The highest BCUT2D eigenvalue weighted by Crippen LogP contribution is 2.21. The van der Waals surface area contributed by atoms with E-state index in [0.29, 0.717) is 18.7 Å². The summed E-state index contributed by atoms with van der Waals surface area (Å²) in [6.07, 6.45) is 6.74. The van der Waals surface area contributed by atoms with Gasteiger partial charge in [0.25, 0.3) is 5.91 Å². The molecular weight excluding hydrogens is 346 g/mol. The van der Waals surface area contributed by atoms with E-state index in [1.165, 1.54) is 18.6 Å². The molecule has 0 aliphatic rings. The molecule has 0 atom stereocenters. The van der Waals surface area contributed by atoms with Crippen LogP contribution in [0.15, 0.2) is 49.1 Å². The van der Waals surface area contributed by atoms with Crippen LogP contribution in [0.3, 0.4) is 0 Å². The van der Waals surface area contributed by atoms with Crippen molar-refractivity contribution in [2.45, 2.75) is 12.8 Å². The van der Waals surface area contributed by atoms with Gasteiger partial charge in [0, 0.05) is 36.8 Å². The highest BCUT2D eigenvalue weighted by atomic mass is 16.5. The number of fused-ring (bicyclic) bond motifs is 1. The summed E-state index contributed by atoms with van der Waals surface area (Å²) in [4.78, 5) is 36.0. The summed E-state index contributed by atoms with van der Waals surface area (Å²) in [6.45, 7) is 0.374. The number of anilines is 1. The Balaban J connectivity index is 1.46. The number of carbonyl (C=O) groups is 2. The number of ether oxygens (including phenoxy) is 1. The molecule has 2 amide bonds. The van der Waals surface area contributed by atoms with Gasteiger partial charge in [-0.2, -0.15) is 0 Å². The van der Waals surface area contributed by atoms with Gasteiger partial charge in [-0.15, -0.1) is 0 Å². The van der Waals surface area contributed by atoms with Crippen molar-refractivity contribution in [1.29, 1.82) is 0 Å². The minimum absolute atomic E-state index is 0.140. The molecule has 138 valence electrons. The summed E-state index contributed by atoms with van der Waals surface area (Å²) in [5.41, 5.74) is 1.67. The van der Waals surface area contributed by atoms with Gasteiger partial charge < -0.3 is 15.4 Å². The van der Waals surface area contributed by atoms with Crippen molar-refractivity contribution in [3.8, 4) is 5.75 Å². The van der Waals surface area contributed by atoms with Crippen molar-refractivity contribution in [3.05, 3.63) is 54.7 Å². The van der Waals surface area contributed by atoms with Crippen LogP contribution in [0.2, 0.25) is 0 Å². The van der Waals surface area contributed by atoms with Crippen LogP contribution in [0.1, 0.15) is 23.3 Å². The summed E-state index contributed by atoms with van der Waals surface area (Å²) >= 11 is 0. The third-order valence-electron chi connectivity index (χ3n) is 3.84. The Morgan fingerprint density at radius 2 is 2.00 bits per heavy atom. The second-order valence-electron chi connectivity index (χ2n) is 5.78. The van der Waals surface area contributed by atoms with E-state index >= 15 is 0 Å². The number of carbonyl (C=O) groups excluding carboxylic acids is 2. The third-order valence-corrected chi connectivity index (χ3v) is 3.84. The van der Waals surface area contributed by atoms with E-state index in [2.05, 4.69) is 25.6 Å². The van der Waals surface area contributed by atoms with E-state index in [1.807, 2.05) is 24.3 Å². The number of amides is 2. The number of hydrogen-bond acceptors (Lipinski definition) is 6. The summed E-state index contributed by atoms with van der Waals surface area (Å²) < 4.78 is 5.17. The number of nitrogens with one attached hydrogen (secondary N) is 2. The monoisotopic (exact) mass is 365 g/mol. The van der Waals surface area contributed by atoms with Gasteiger partial charge in [-0.25, -0.2) is 4.98 Å². The van der Waals surface area contributed by atoms with E-state index in [0.717, 1.165) is 16.7 Å². The summed E-state index contributed by atoms with van der Waals surface area (Å²) in [5.74, 6) is 0.284. The van der Waals surface area contributed by atoms with Crippen molar-refractivity contribution in [3.63, 3.8) is 0 Å². The third kappa shape index (κ3) is 4.97. The van der Waals surface area contributed by atoms with Crippen molar-refractivity contribution in [2.24, 2.45) is 0 Å². The molecule has 0 aliphatic heterocycles. The Hall–Kier alpha value is -3.55. The minimum Gasteiger partial charge on any atom is -0.497 e. The normalized spacial score (nSPS) is 10.4. The average molecular weight is 365 g/mol. The van der Waals surface area contributed by atoms with Gasteiger partial charge in [0.2, 0.25) is 5.91 Å². The first-order valence-corrected chi connectivity index (χ1v) is 8.43. The number of benzene rings is 1. The summed E-state index contributed by atoms with van der Waals surface area (Å²) in [5, 5.41) is 6.43. The first-order valence-electron chi connectivity index (χ1n) is 8.43. The predicted molar refractivity (Wildman–Crippen MR) is 101 cm³/mol. The predicted octanol–water partition coefficient (Wildman–Crippen LogP) is 2.18. The molecule has 0 bridgehead atoms. The second kappa shape index (κ2) is 8.70. The van der Waals surface area contributed by atoms with Crippen LogP contribution in [0.5, 0.6) is 5.75 Å². The highest BCUT2D eigenvalue weighted by molar-refractivity contribution is 5.93. The van der Waals surface area contributed by atoms with Crippen LogP contribution in [0.4, 0.5) is 5.69 Å². The maximum Gasteiger partial charge on any atom is 0.271 e. The zero-order chi connectivity index (χ0) is 19.1. The standard InChI is InChI=1S/C19H19N5O3/c1-27-15-5-4-13-9-14(11-23-16(13)10-15)24-18(25)3-2-6-22-19(26)17-12-20-7-8-21-17/h4-5,7-12H,2-3,6H2,1H3,(H,22,26)(H,24,25). The lowest BCUT2D eigenvalue weighted by Gasteiger charge is -2.08. The topological polar surface area (TPSA) is 106 Å². The Morgan fingerprint density at radius 1 is 1.11 bits per heavy atom. The molecule has 2 N–H and O–H groups in total. The molecule has 3 aromatic rings. The Morgan fingerprint density at radius 3 is 2.78 bits per heavy atom. The molecule has 0 saturated heterocycles. The molecule has 0 fully saturated rings. The largest absolute Gasteiger partial charge is 0.497 e. The number of aromatic nitrogens is 3. The average Bonchev–Trinajstić information content (AvgIpc) is 2.71. The number of nitrogens with zero attached hydrogens (tertiary/aromatic N) is 3. The maximum atomic E-state index is 12.1. The lowest BCUT2D eigenvalue weighted by molar-refractivity contribution is -0.116. The van der Waals surface area contributed by atoms with Gasteiger partial charge in [0.1, 0.15) is 11.4 Å². The van der Waals surface area contributed by atoms with Crippen molar-refractivity contribution >= 4 is 28.4 Å². The lowest BCUT2D eigenvalue weighted by atomic mass is 10.2. The molecule has 8 nitrogen and oxygen atoms in total. The smallest absolute Gasteiger partial charge is 0.271 e. The molecule has 2 heterocycles. The molecule has 0 spiro atoms. The molecule has 1 aromatic carbocycles. The molecule has 3 rings (SSSR count). The Kier molecular flexibility index (Phi) is 5.88. The molecule has 27 heavy (non-hydrogen) atoms. The maximum absolute atomic E-state index is 12.1. The molecule has 8 heteroatoms. The second-order valence-corrected chi connectivity index (χ2v) is 5.78. The quantitative estimate of drug-likeness (QED) is 0.622. The van der Waals surface area contributed by atoms with Gasteiger partial charge in [-0.3, -0.25) is 19.6 Å². The SMILES string of the molecule is COc1ccc2cc(NC(=O)CCCNC(=O)c3cnccn3)cnc2c1. The van der Waals surface area contributed by atoms with Crippen LogP contribution in [-0.4, -0.2) is 40.4 Å². The van der Waals surface area contributed by atoms with Crippen LogP contribution in [0, 0.1) is 0 Å². The van der Waals surface area contributed by atoms with Gasteiger partial charge in [0.15, 0.2) is 0 Å². The summed E-state index contributed by atoms with van der Waals surface area (Å²) in [7, 11) is 1.60.